The fraction of sp³-hybridized carbons (Fsp3) is 0.176. The molecule has 0 bridgehead atoms. The van der Waals surface area contributed by atoms with Crippen molar-refractivity contribution in [3.05, 3.63) is 54.7 Å². The highest BCUT2D eigenvalue weighted by Crippen LogP contribution is 2.32. The Hall–Kier alpha value is -2.42. The van der Waals surface area contributed by atoms with Gasteiger partial charge in [-0.05, 0) is 30.3 Å². The number of rotatable bonds is 3. The molecule has 0 amide bonds. The van der Waals surface area contributed by atoms with Gasteiger partial charge in [-0.25, -0.2) is 0 Å². The third kappa shape index (κ3) is 2.01. The fourth-order valence-corrected chi connectivity index (χ4v) is 2.58. The van der Waals surface area contributed by atoms with Gasteiger partial charge in [0.2, 0.25) is 0 Å². The number of aromatic nitrogens is 1. The lowest BCUT2D eigenvalue weighted by atomic mass is 10.2. The summed E-state index contributed by atoms with van der Waals surface area (Å²) in [4.78, 5) is 2.22. The van der Waals surface area contributed by atoms with Gasteiger partial charge in [-0.3, -0.25) is 0 Å². The highest BCUT2D eigenvalue weighted by atomic mass is 15.1. The standard InChI is InChI=1S/C17H19N3/c1-18-13-8-10-14(11-9-13)20(3)17-12-19(2)16-7-5-4-6-15(16)17/h4-12,18H,1-3H3. The van der Waals surface area contributed by atoms with Crippen LogP contribution in [0, 0.1) is 0 Å². The summed E-state index contributed by atoms with van der Waals surface area (Å²) in [6.45, 7) is 0. The first kappa shape index (κ1) is 12.6. The first-order valence-corrected chi connectivity index (χ1v) is 6.76. The van der Waals surface area contributed by atoms with Crippen molar-refractivity contribution in [3.63, 3.8) is 0 Å². The minimum atomic E-state index is 1.13. The van der Waals surface area contributed by atoms with Gasteiger partial charge in [0, 0.05) is 49.6 Å². The van der Waals surface area contributed by atoms with Crippen molar-refractivity contribution in [3.8, 4) is 0 Å². The van der Waals surface area contributed by atoms with Crippen molar-refractivity contribution >= 4 is 28.0 Å². The van der Waals surface area contributed by atoms with E-state index in [1.807, 2.05) is 7.05 Å². The van der Waals surface area contributed by atoms with E-state index in [4.69, 9.17) is 0 Å². The Morgan fingerprint density at radius 2 is 1.70 bits per heavy atom. The zero-order chi connectivity index (χ0) is 14.1. The van der Waals surface area contributed by atoms with E-state index in [1.54, 1.807) is 0 Å². The van der Waals surface area contributed by atoms with Crippen LogP contribution in [0.3, 0.4) is 0 Å². The Balaban J connectivity index is 2.05. The molecule has 20 heavy (non-hydrogen) atoms. The fourth-order valence-electron chi connectivity index (χ4n) is 2.58. The van der Waals surface area contributed by atoms with E-state index in [9.17, 15) is 0 Å². The average Bonchev–Trinajstić information content (AvgIpc) is 2.84. The number of anilines is 3. The minimum Gasteiger partial charge on any atom is -0.388 e. The number of para-hydroxylation sites is 1. The summed E-state index contributed by atoms with van der Waals surface area (Å²) in [5, 5.41) is 4.42. The molecule has 0 aliphatic carbocycles. The molecule has 0 aliphatic rings. The van der Waals surface area contributed by atoms with E-state index in [-0.39, 0.29) is 0 Å². The van der Waals surface area contributed by atoms with Gasteiger partial charge in [0.15, 0.2) is 0 Å². The lowest BCUT2D eigenvalue weighted by molar-refractivity contribution is 0.965. The maximum Gasteiger partial charge on any atom is 0.0667 e. The van der Waals surface area contributed by atoms with E-state index in [0.29, 0.717) is 0 Å². The van der Waals surface area contributed by atoms with Crippen LogP contribution in [0.2, 0.25) is 0 Å². The molecule has 0 saturated carbocycles. The Kier molecular flexibility index (Phi) is 3.11. The summed E-state index contributed by atoms with van der Waals surface area (Å²) in [5.41, 5.74) is 4.78. The molecular formula is C17H19N3. The largest absolute Gasteiger partial charge is 0.388 e. The summed E-state index contributed by atoms with van der Waals surface area (Å²) in [5.74, 6) is 0. The van der Waals surface area contributed by atoms with Crippen molar-refractivity contribution in [2.75, 3.05) is 24.3 Å². The van der Waals surface area contributed by atoms with Crippen molar-refractivity contribution < 1.29 is 0 Å². The molecule has 1 heterocycles. The SMILES string of the molecule is CNc1ccc(N(C)c2cn(C)c3ccccc23)cc1. The summed E-state index contributed by atoms with van der Waals surface area (Å²) < 4.78 is 2.17. The second-order valence-corrected chi connectivity index (χ2v) is 5.00. The number of nitrogens with one attached hydrogen (secondary N) is 1. The van der Waals surface area contributed by atoms with Crippen LogP contribution >= 0.6 is 0 Å². The number of hydrogen-bond donors (Lipinski definition) is 1. The summed E-state index contributed by atoms with van der Waals surface area (Å²) in [6.07, 6.45) is 2.18. The molecule has 1 N–H and O–H groups in total. The monoisotopic (exact) mass is 265 g/mol. The van der Waals surface area contributed by atoms with Gasteiger partial charge >= 0.3 is 0 Å². The van der Waals surface area contributed by atoms with E-state index < -0.39 is 0 Å². The second kappa shape index (κ2) is 4.93. The zero-order valence-electron chi connectivity index (χ0n) is 12.1. The van der Waals surface area contributed by atoms with Crippen molar-refractivity contribution in [1.82, 2.24) is 4.57 Å². The van der Waals surface area contributed by atoms with Crippen LogP contribution in [0.4, 0.5) is 17.1 Å². The van der Waals surface area contributed by atoms with Gasteiger partial charge in [0.25, 0.3) is 0 Å². The average molecular weight is 265 g/mol. The molecule has 3 nitrogen and oxygen atoms in total. The highest BCUT2D eigenvalue weighted by Gasteiger charge is 2.11. The minimum absolute atomic E-state index is 1.13. The maximum atomic E-state index is 3.14. The van der Waals surface area contributed by atoms with Crippen LogP contribution < -0.4 is 10.2 Å². The smallest absolute Gasteiger partial charge is 0.0667 e. The molecule has 0 unspecified atom stereocenters. The molecule has 0 aliphatic heterocycles. The summed E-state index contributed by atoms with van der Waals surface area (Å²) >= 11 is 0. The quantitative estimate of drug-likeness (QED) is 0.772. The van der Waals surface area contributed by atoms with Crippen LogP contribution in [0.15, 0.2) is 54.7 Å². The van der Waals surface area contributed by atoms with E-state index >= 15 is 0 Å². The third-order valence-electron chi connectivity index (χ3n) is 3.78. The Morgan fingerprint density at radius 3 is 2.40 bits per heavy atom. The topological polar surface area (TPSA) is 20.2 Å². The number of nitrogens with zero attached hydrogens (tertiary/aromatic N) is 2. The van der Waals surface area contributed by atoms with Crippen molar-refractivity contribution in [2.45, 2.75) is 0 Å². The number of aryl methyl sites for hydroxylation is 1. The van der Waals surface area contributed by atoms with Crippen molar-refractivity contribution in [1.29, 1.82) is 0 Å². The zero-order valence-corrected chi connectivity index (χ0v) is 12.1. The first-order chi connectivity index (χ1) is 9.70. The lowest BCUT2D eigenvalue weighted by Crippen LogP contribution is -2.08. The van der Waals surface area contributed by atoms with E-state index in [1.165, 1.54) is 22.3 Å². The molecule has 2 aromatic carbocycles. The predicted octanol–water partition coefficient (Wildman–Crippen LogP) is 3.99. The van der Waals surface area contributed by atoms with Gasteiger partial charge in [-0.2, -0.15) is 0 Å². The van der Waals surface area contributed by atoms with Crippen LogP contribution in [0.1, 0.15) is 0 Å². The summed E-state index contributed by atoms with van der Waals surface area (Å²) in [7, 11) is 6.13. The van der Waals surface area contributed by atoms with Gasteiger partial charge in [0.1, 0.15) is 0 Å². The molecule has 0 atom stereocenters. The molecule has 3 rings (SSSR count). The Bertz CT molecular complexity index is 726. The maximum absolute atomic E-state index is 3.14. The van der Waals surface area contributed by atoms with Gasteiger partial charge in [-0.15, -0.1) is 0 Å². The predicted molar refractivity (Wildman–Crippen MR) is 87.0 cm³/mol. The molecule has 0 saturated heterocycles. The molecule has 102 valence electrons. The normalized spacial score (nSPS) is 10.8. The number of benzene rings is 2. The van der Waals surface area contributed by atoms with Crippen LogP contribution in [-0.4, -0.2) is 18.7 Å². The molecule has 0 fully saturated rings. The Labute approximate surface area is 119 Å². The molecule has 1 aromatic heterocycles. The first-order valence-electron chi connectivity index (χ1n) is 6.76. The molecule has 3 heteroatoms. The Morgan fingerprint density at radius 1 is 1.00 bits per heavy atom. The van der Waals surface area contributed by atoms with Crippen molar-refractivity contribution in [2.24, 2.45) is 7.05 Å². The van der Waals surface area contributed by atoms with Gasteiger partial charge in [-0.1, -0.05) is 18.2 Å². The molecule has 0 spiro atoms. The molecule has 0 radical (unpaired) electrons. The van der Waals surface area contributed by atoms with E-state index in [0.717, 1.165) is 5.69 Å². The van der Waals surface area contributed by atoms with Crippen LogP contribution in [0.5, 0.6) is 0 Å². The highest BCUT2D eigenvalue weighted by molar-refractivity contribution is 5.95. The molecular weight excluding hydrogens is 246 g/mol. The lowest BCUT2D eigenvalue weighted by Gasteiger charge is -2.19. The number of fused-ring (bicyclic) bond motifs is 1. The third-order valence-corrected chi connectivity index (χ3v) is 3.78. The van der Waals surface area contributed by atoms with Gasteiger partial charge < -0.3 is 14.8 Å². The van der Waals surface area contributed by atoms with Crippen LogP contribution in [0.25, 0.3) is 10.9 Å². The van der Waals surface area contributed by atoms with Gasteiger partial charge in [0.05, 0.1) is 5.69 Å². The summed E-state index contributed by atoms with van der Waals surface area (Å²) in [6, 6.07) is 16.9. The molecule has 3 aromatic rings. The van der Waals surface area contributed by atoms with E-state index in [2.05, 4.69) is 83.6 Å². The number of hydrogen-bond acceptors (Lipinski definition) is 2. The van der Waals surface area contributed by atoms with Crippen LogP contribution in [-0.2, 0) is 7.05 Å². The second-order valence-electron chi connectivity index (χ2n) is 5.00.